The minimum Gasteiger partial charge on any atom is -0.488 e. The molecule has 0 spiro atoms. The van der Waals surface area contributed by atoms with Crippen molar-refractivity contribution in [3.05, 3.63) is 53.8 Å². The van der Waals surface area contributed by atoms with Crippen LogP contribution in [0.25, 0.3) is 0 Å². The Kier molecular flexibility index (Phi) is 8.40. The average Bonchev–Trinajstić information content (AvgIpc) is 3.65. The van der Waals surface area contributed by atoms with E-state index in [0.717, 1.165) is 24.6 Å². The lowest BCUT2D eigenvalue weighted by Crippen LogP contribution is -2.47. The normalized spacial score (nSPS) is 21.5. The van der Waals surface area contributed by atoms with Crippen molar-refractivity contribution in [2.24, 2.45) is 11.8 Å². The van der Waals surface area contributed by atoms with E-state index < -0.39 is 15.8 Å². The van der Waals surface area contributed by atoms with Crippen LogP contribution in [-0.2, 0) is 21.2 Å². The number of hydrogen-bond acceptors (Lipinski definition) is 6. The van der Waals surface area contributed by atoms with Gasteiger partial charge in [-0.3, -0.25) is 9.52 Å². The Morgan fingerprint density at radius 1 is 1.19 bits per heavy atom. The van der Waals surface area contributed by atoms with Crippen molar-refractivity contribution in [3.8, 4) is 5.75 Å². The number of amides is 1. The van der Waals surface area contributed by atoms with E-state index in [4.69, 9.17) is 4.74 Å². The quantitative estimate of drug-likeness (QED) is 0.514. The Bertz CT molecular complexity index is 1200. The first-order chi connectivity index (χ1) is 17.6. The summed E-state index contributed by atoms with van der Waals surface area (Å²) in [5.41, 5.74) is 0.833. The summed E-state index contributed by atoms with van der Waals surface area (Å²) in [6.07, 6.45) is 2.30. The van der Waals surface area contributed by atoms with Crippen molar-refractivity contribution in [3.63, 3.8) is 0 Å². The summed E-state index contributed by atoms with van der Waals surface area (Å²) in [5.74, 6) is 0.576. The van der Waals surface area contributed by atoms with E-state index in [1.54, 1.807) is 23.1 Å². The van der Waals surface area contributed by atoms with E-state index in [0.29, 0.717) is 24.4 Å². The average molecular weight is 534 g/mol. The predicted molar refractivity (Wildman–Crippen MR) is 139 cm³/mol. The van der Waals surface area contributed by atoms with Gasteiger partial charge in [0, 0.05) is 36.8 Å². The van der Waals surface area contributed by atoms with Crippen molar-refractivity contribution in [2.75, 3.05) is 38.0 Å². The molecule has 8 nitrogen and oxygen atoms in total. The van der Waals surface area contributed by atoms with Gasteiger partial charge < -0.3 is 19.6 Å². The number of sulfonamides is 1. The molecular formula is C27H36FN3O5S. The number of carbonyl (C=O) groups is 1. The monoisotopic (exact) mass is 533 g/mol. The topological polar surface area (TPSA) is 99.2 Å². The molecule has 2 aromatic rings. The van der Waals surface area contributed by atoms with E-state index in [1.807, 2.05) is 6.92 Å². The van der Waals surface area contributed by atoms with Crippen LogP contribution >= 0.6 is 0 Å². The van der Waals surface area contributed by atoms with Crippen LogP contribution in [0.3, 0.4) is 0 Å². The summed E-state index contributed by atoms with van der Waals surface area (Å²) in [4.78, 5) is 17.2. The summed E-state index contributed by atoms with van der Waals surface area (Å²) < 4.78 is 48.0. The Morgan fingerprint density at radius 3 is 2.54 bits per heavy atom. The highest BCUT2D eigenvalue weighted by molar-refractivity contribution is 7.92. The number of nitrogens with one attached hydrogen (secondary N) is 1. The number of halogens is 1. The zero-order valence-corrected chi connectivity index (χ0v) is 22.4. The predicted octanol–water partition coefficient (Wildman–Crippen LogP) is 3.12. The molecule has 0 bridgehead atoms. The first-order valence-electron chi connectivity index (χ1n) is 12.7. The van der Waals surface area contributed by atoms with Crippen LogP contribution in [0.15, 0.2) is 47.4 Å². The van der Waals surface area contributed by atoms with Gasteiger partial charge in [0.1, 0.15) is 17.7 Å². The van der Waals surface area contributed by atoms with Gasteiger partial charge in [-0.05, 0) is 75.2 Å². The van der Waals surface area contributed by atoms with Crippen molar-refractivity contribution in [2.45, 2.75) is 50.2 Å². The molecule has 2 aliphatic rings. The van der Waals surface area contributed by atoms with Crippen LogP contribution in [0.5, 0.6) is 5.75 Å². The van der Waals surface area contributed by atoms with Gasteiger partial charge in [-0.1, -0.05) is 6.92 Å². The lowest BCUT2D eigenvalue weighted by Gasteiger charge is -2.34. The van der Waals surface area contributed by atoms with Gasteiger partial charge in [0.2, 0.25) is 5.91 Å². The number of ether oxygens (including phenoxy) is 1. The summed E-state index contributed by atoms with van der Waals surface area (Å²) >= 11 is 0. The maximum Gasteiger partial charge on any atom is 0.261 e. The molecule has 10 heteroatoms. The summed E-state index contributed by atoms with van der Waals surface area (Å²) in [6, 6.07) is 9.11. The number of benzene rings is 2. The van der Waals surface area contributed by atoms with Crippen molar-refractivity contribution in [1.29, 1.82) is 0 Å². The van der Waals surface area contributed by atoms with Gasteiger partial charge in [-0.15, -0.1) is 0 Å². The second kappa shape index (κ2) is 11.4. The Morgan fingerprint density at radius 2 is 1.89 bits per heavy atom. The number of aliphatic hydroxyl groups excluding tert-OH is 1. The minimum atomic E-state index is -3.96. The third kappa shape index (κ3) is 7.00. The number of nitrogens with zero attached hydrogens (tertiary/aromatic N) is 2. The lowest BCUT2D eigenvalue weighted by atomic mass is 10.0. The molecule has 0 unspecified atom stereocenters. The van der Waals surface area contributed by atoms with Crippen LogP contribution in [0.1, 0.15) is 32.3 Å². The highest BCUT2D eigenvalue weighted by Crippen LogP contribution is 2.32. The largest absolute Gasteiger partial charge is 0.488 e. The molecule has 0 radical (unpaired) electrons. The van der Waals surface area contributed by atoms with Gasteiger partial charge in [0.05, 0.1) is 24.0 Å². The molecule has 202 valence electrons. The Labute approximate surface area is 218 Å². The molecule has 1 fully saturated rings. The molecule has 1 saturated carbocycles. The van der Waals surface area contributed by atoms with Crippen molar-refractivity contribution >= 4 is 21.6 Å². The highest BCUT2D eigenvalue weighted by atomic mass is 32.2. The minimum absolute atomic E-state index is 0.00204. The van der Waals surface area contributed by atoms with E-state index in [9.17, 15) is 22.7 Å². The first-order valence-corrected chi connectivity index (χ1v) is 14.2. The lowest BCUT2D eigenvalue weighted by molar-refractivity contribution is -0.134. The fourth-order valence-electron chi connectivity index (χ4n) is 4.66. The van der Waals surface area contributed by atoms with Gasteiger partial charge in [0.25, 0.3) is 10.0 Å². The number of rotatable bonds is 9. The third-order valence-corrected chi connectivity index (χ3v) is 8.45. The standard InChI is InChI=1S/C27H36FN3O5S/c1-18-14-31(19(2)17-32)27(33)13-21-12-23(29-37(34,35)24-9-6-22(28)7-10-24)8-11-25(21)36-26(18)16-30(3)15-20-4-5-20/h6-12,18-20,26,29,32H,4-5,13-17H2,1-3H3/t18-,19-,26+/m1/s1. The van der Waals surface area contributed by atoms with Gasteiger partial charge >= 0.3 is 0 Å². The molecule has 1 amide bonds. The van der Waals surface area contributed by atoms with E-state index in [-0.39, 0.29) is 47.6 Å². The Hall–Kier alpha value is -2.69. The molecule has 0 saturated heterocycles. The molecule has 1 aliphatic heterocycles. The summed E-state index contributed by atoms with van der Waals surface area (Å²) in [6.45, 7) is 5.84. The molecule has 1 heterocycles. The highest BCUT2D eigenvalue weighted by Gasteiger charge is 2.32. The van der Waals surface area contributed by atoms with Crippen LogP contribution in [-0.4, -0.2) is 74.7 Å². The van der Waals surface area contributed by atoms with E-state index in [1.165, 1.54) is 25.0 Å². The van der Waals surface area contributed by atoms with Crippen molar-refractivity contribution in [1.82, 2.24) is 9.80 Å². The Balaban J connectivity index is 1.63. The molecule has 1 aliphatic carbocycles. The smallest absolute Gasteiger partial charge is 0.261 e. The van der Waals surface area contributed by atoms with Crippen LogP contribution in [0.4, 0.5) is 10.1 Å². The molecule has 2 aromatic carbocycles. The fraction of sp³-hybridized carbons (Fsp3) is 0.519. The van der Waals surface area contributed by atoms with Gasteiger partial charge in [-0.25, -0.2) is 12.8 Å². The van der Waals surface area contributed by atoms with Gasteiger partial charge in [-0.2, -0.15) is 0 Å². The second-order valence-electron chi connectivity index (χ2n) is 10.4. The number of carbonyl (C=O) groups excluding carboxylic acids is 1. The number of hydrogen-bond donors (Lipinski definition) is 2. The molecule has 3 atom stereocenters. The maximum absolute atomic E-state index is 13.3. The fourth-order valence-corrected chi connectivity index (χ4v) is 5.71. The number of aliphatic hydroxyl groups is 1. The second-order valence-corrected chi connectivity index (χ2v) is 12.1. The van der Waals surface area contributed by atoms with Gasteiger partial charge in [0.15, 0.2) is 0 Å². The molecule has 2 N–H and O–H groups in total. The van der Waals surface area contributed by atoms with Crippen LogP contribution < -0.4 is 9.46 Å². The molecule has 0 aromatic heterocycles. The van der Waals surface area contributed by atoms with Crippen LogP contribution in [0, 0.1) is 17.7 Å². The third-order valence-electron chi connectivity index (χ3n) is 7.05. The number of anilines is 1. The summed E-state index contributed by atoms with van der Waals surface area (Å²) in [7, 11) is -1.88. The number of likely N-dealkylation sites (N-methyl/N-ethyl adjacent to an activating group) is 1. The van der Waals surface area contributed by atoms with Crippen molar-refractivity contribution < 1.29 is 27.4 Å². The summed E-state index contributed by atoms with van der Waals surface area (Å²) in [5, 5.41) is 9.80. The zero-order chi connectivity index (χ0) is 26.7. The SMILES string of the molecule is C[C@@H]1CN([C@H](C)CO)C(=O)Cc2cc(NS(=O)(=O)c3ccc(F)cc3)ccc2O[C@H]1CN(C)CC1CC1. The first kappa shape index (κ1) is 27.3. The molecular weight excluding hydrogens is 497 g/mol. The number of fused-ring (bicyclic) bond motifs is 1. The molecule has 37 heavy (non-hydrogen) atoms. The zero-order valence-electron chi connectivity index (χ0n) is 21.6. The van der Waals surface area contributed by atoms with Crippen LogP contribution in [0.2, 0.25) is 0 Å². The van der Waals surface area contributed by atoms with E-state index >= 15 is 0 Å². The molecule has 4 rings (SSSR count). The maximum atomic E-state index is 13.3. The van der Waals surface area contributed by atoms with E-state index in [2.05, 4.69) is 23.6 Å².